The maximum atomic E-state index is 13.3. The first-order valence-corrected chi connectivity index (χ1v) is 10.7. The van der Waals surface area contributed by atoms with Crippen LogP contribution in [0.4, 0.5) is 0 Å². The van der Waals surface area contributed by atoms with E-state index in [1.54, 1.807) is 24.3 Å². The number of pyridine rings is 1. The number of likely N-dealkylation sites (N-methyl/N-ethyl adjacent to an activating group) is 1. The van der Waals surface area contributed by atoms with Crippen LogP contribution in [0, 0.1) is 0 Å². The van der Waals surface area contributed by atoms with Crippen molar-refractivity contribution in [1.29, 1.82) is 0 Å². The molecule has 2 aliphatic rings. The second kappa shape index (κ2) is 7.88. The normalized spacial score (nSPS) is 18.0. The Bertz CT molecular complexity index is 1120. The molecule has 4 rings (SSSR count). The molecule has 0 aliphatic carbocycles. The van der Waals surface area contributed by atoms with Crippen molar-refractivity contribution < 1.29 is 27.5 Å². The fourth-order valence-electron chi connectivity index (χ4n) is 3.30. The molecule has 0 unspecified atom stereocenters. The second-order valence-electron chi connectivity index (χ2n) is 6.66. The molecule has 0 spiro atoms. The Hall–Kier alpha value is -3.24. The summed E-state index contributed by atoms with van der Waals surface area (Å²) in [5.74, 6) is -1.46. The third-order valence-electron chi connectivity index (χ3n) is 4.87. The number of benzene rings is 1. The van der Waals surface area contributed by atoms with E-state index < -0.39 is 21.9 Å². The van der Waals surface area contributed by atoms with Crippen molar-refractivity contribution in [2.24, 2.45) is 0 Å². The number of morpholine rings is 1. The second-order valence-corrected chi connectivity index (χ2v) is 8.59. The lowest BCUT2D eigenvalue weighted by Gasteiger charge is -2.34. The van der Waals surface area contributed by atoms with E-state index in [2.05, 4.69) is 4.98 Å². The molecule has 10 heteroatoms. The first kappa shape index (κ1) is 20.0. The zero-order valence-electron chi connectivity index (χ0n) is 16.1. The molecule has 156 valence electrons. The van der Waals surface area contributed by atoms with Crippen LogP contribution in [0.3, 0.4) is 0 Å². The summed E-state index contributed by atoms with van der Waals surface area (Å²) in [4.78, 5) is 31.4. The number of carbonyl (C=O) groups is 2. The first-order chi connectivity index (χ1) is 14.4. The summed E-state index contributed by atoms with van der Waals surface area (Å²) in [6.45, 7) is 1.29. The van der Waals surface area contributed by atoms with Gasteiger partial charge in [-0.3, -0.25) is 9.10 Å². The average Bonchev–Trinajstić information content (AvgIpc) is 2.78. The molecule has 0 bridgehead atoms. The van der Waals surface area contributed by atoms with Gasteiger partial charge in [0.15, 0.2) is 11.5 Å². The highest BCUT2D eigenvalue weighted by atomic mass is 32.2. The van der Waals surface area contributed by atoms with Gasteiger partial charge < -0.3 is 14.4 Å². The Balaban J connectivity index is 1.86. The molecule has 30 heavy (non-hydrogen) atoms. The van der Waals surface area contributed by atoms with Crippen LogP contribution in [0.15, 0.2) is 59.3 Å². The third-order valence-corrected chi connectivity index (χ3v) is 6.69. The fraction of sp³-hybridized carbons (Fsp3) is 0.250. The summed E-state index contributed by atoms with van der Waals surface area (Å²) in [5.41, 5.74) is -0.0342. The molecule has 0 saturated carbocycles. The molecule has 0 atom stereocenters. The third kappa shape index (κ3) is 3.44. The molecule has 9 nitrogen and oxygen atoms in total. The molecule has 2 aliphatic heterocycles. The van der Waals surface area contributed by atoms with E-state index in [9.17, 15) is 18.0 Å². The van der Waals surface area contributed by atoms with Crippen molar-refractivity contribution in [3.8, 4) is 0 Å². The minimum atomic E-state index is -4.00. The monoisotopic (exact) mass is 429 g/mol. The van der Waals surface area contributed by atoms with Crippen LogP contribution in [0.2, 0.25) is 0 Å². The molecule has 1 amide bonds. The van der Waals surface area contributed by atoms with Gasteiger partial charge in [0.1, 0.15) is 5.69 Å². The Morgan fingerprint density at radius 2 is 1.77 bits per heavy atom. The van der Waals surface area contributed by atoms with Gasteiger partial charge >= 0.3 is 5.97 Å². The summed E-state index contributed by atoms with van der Waals surface area (Å²) >= 11 is 0. The predicted molar refractivity (Wildman–Crippen MR) is 105 cm³/mol. The van der Waals surface area contributed by atoms with E-state index in [4.69, 9.17) is 9.47 Å². The molecular formula is C20H19N3O6S. The van der Waals surface area contributed by atoms with Crippen molar-refractivity contribution in [2.45, 2.75) is 4.90 Å². The molecule has 1 fully saturated rings. The van der Waals surface area contributed by atoms with Crippen molar-refractivity contribution >= 4 is 27.7 Å². The zero-order valence-corrected chi connectivity index (χ0v) is 17.0. The van der Waals surface area contributed by atoms with E-state index in [-0.39, 0.29) is 27.6 Å². The summed E-state index contributed by atoms with van der Waals surface area (Å²) in [6, 6.07) is 10.9. The lowest BCUT2D eigenvalue weighted by atomic mass is 10.1. The minimum absolute atomic E-state index is 0.0386. The lowest BCUT2D eigenvalue weighted by molar-refractivity contribution is -0.132. The number of nitrogens with zero attached hydrogens (tertiary/aromatic N) is 3. The molecule has 0 radical (unpaired) electrons. The highest BCUT2D eigenvalue weighted by molar-refractivity contribution is 7.89. The quantitative estimate of drug-likeness (QED) is 0.673. The van der Waals surface area contributed by atoms with Gasteiger partial charge in [0.25, 0.3) is 15.9 Å². The fourth-order valence-corrected chi connectivity index (χ4v) is 4.68. The molecular weight excluding hydrogens is 410 g/mol. The molecule has 0 N–H and O–H groups in total. The minimum Gasteiger partial charge on any atom is -0.419 e. The van der Waals surface area contributed by atoms with Gasteiger partial charge in [-0.15, -0.1) is 0 Å². The summed E-state index contributed by atoms with van der Waals surface area (Å²) in [6.07, 6.45) is 1.44. The van der Waals surface area contributed by atoms with Crippen LogP contribution in [-0.4, -0.2) is 67.8 Å². The summed E-state index contributed by atoms with van der Waals surface area (Å²) in [5, 5.41) is 0. The van der Waals surface area contributed by atoms with E-state index in [0.717, 1.165) is 4.31 Å². The smallest absolute Gasteiger partial charge is 0.362 e. The molecule has 3 heterocycles. The van der Waals surface area contributed by atoms with Crippen LogP contribution in [0.25, 0.3) is 5.76 Å². The average molecular weight is 429 g/mol. The zero-order chi connectivity index (χ0) is 21.3. The number of sulfonamides is 1. The van der Waals surface area contributed by atoms with Gasteiger partial charge in [-0.2, -0.15) is 0 Å². The van der Waals surface area contributed by atoms with E-state index >= 15 is 0 Å². The molecule has 2 aromatic rings. The van der Waals surface area contributed by atoms with E-state index in [0.29, 0.717) is 26.3 Å². The molecule has 1 aromatic carbocycles. The number of hydrogen-bond acceptors (Lipinski definition) is 7. The van der Waals surface area contributed by atoms with Gasteiger partial charge in [0, 0.05) is 31.9 Å². The molecule has 1 aromatic heterocycles. The van der Waals surface area contributed by atoms with Gasteiger partial charge in [-0.1, -0.05) is 18.2 Å². The maximum absolute atomic E-state index is 13.3. The highest BCUT2D eigenvalue weighted by Crippen LogP contribution is 2.37. The first-order valence-electron chi connectivity index (χ1n) is 9.24. The van der Waals surface area contributed by atoms with Crippen molar-refractivity contribution in [2.75, 3.05) is 33.4 Å². The number of carbonyl (C=O) groups excluding carboxylic acids is 2. The number of hydrogen-bond donors (Lipinski definition) is 0. The maximum Gasteiger partial charge on any atom is 0.362 e. The lowest BCUT2D eigenvalue weighted by Crippen LogP contribution is -2.46. The van der Waals surface area contributed by atoms with Crippen molar-refractivity contribution in [3.63, 3.8) is 0 Å². The highest BCUT2D eigenvalue weighted by Gasteiger charge is 2.41. The topological polar surface area (TPSA) is 106 Å². The molecule has 1 saturated heterocycles. The standard InChI is InChI=1S/C20H19N3O6S/c1-22-17(19(24)23-10-12-28-13-11-23)18(29-20(25)15-7-4-5-9-21-15)14-6-2-3-8-16(14)30(22,26)27/h2-9H,10-13H2,1H3. The number of fused-ring (bicyclic) bond motifs is 1. The number of esters is 1. The number of aromatic nitrogens is 1. The largest absolute Gasteiger partial charge is 0.419 e. The van der Waals surface area contributed by atoms with Crippen LogP contribution < -0.4 is 0 Å². The number of rotatable bonds is 3. The van der Waals surface area contributed by atoms with Crippen LogP contribution >= 0.6 is 0 Å². The van der Waals surface area contributed by atoms with Gasteiger partial charge in [0.2, 0.25) is 0 Å². The van der Waals surface area contributed by atoms with Crippen molar-refractivity contribution in [3.05, 3.63) is 65.6 Å². The number of ether oxygens (including phenoxy) is 2. The summed E-state index contributed by atoms with van der Waals surface area (Å²) < 4.78 is 37.8. The predicted octanol–water partition coefficient (Wildman–Crippen LogP) is 1.10. The Morgan fingerprint density at radius 1 is 1.07 bits per heavy atom. The van der Waals surface area contributed by atoms with E-state index in [1.807, 2.05) is 0 Å². The van der Waals surface area contributed by atoms with Gasteiger partial charge in [0.05, 0.1) is 18.1 Å². The SMILES string of the molecule is CN1C(C(=O)N2CCOCC2)=C(OC(=O)c2ccccn2)c2ccccc2S1(=O)=O. The summed E-state index contributed by atoms with van der Waals surface area (Å²) in [7, 11) is -2.73. The van der Waals surface area contributed by atoms with Gasteiger partial charge in [-0.25, -0.2) is 18.2 Å². The Kier molecular flexibility index (Phi) is 5.27. The van der Waals surface area contributed by atoms with Gasteiger partial charge in [-0.05, 0) is 24.3 Å². The van der Waals surface area contributed by atoms with Crippen LogP contribution in [0.5, 0.6) is 0 Å². The van der Waals surface area contributed by atoms with Crippen molar-refractivity contribution in [1.82, 2.24) is 14.2 Å². The Morgan fingerprint density at radius 3 is 2.47 bits per heavy atom. The van der Waals surface area contributed by atoms with Crippen LogP contribution in [-0.2, 0) is 24.3 Å². The Labute approximate surface area is 173 Å². The van der Waals surface area contributed by atoms with E-state index in [1.165, 1.54) is 36.3 Å². The number of amides is 1. The van der Waals surface area contributed by atoms with Crippen LogP contribution in [0.1, 0.15) is 16.1 Å².